The molecule has 1 amide bonds. The summed E-state index contributed by atoms with van der Waals surface area (Å²) in [6.45, 7) is 0.394. The van der Waals surface area contributed by atoms with Crippen molar-refractivity contribution in [3.05, 3.63) is 53.6 Å². The maximum absolute atomic E-state index is 13.3. The summed E-state index contributed by atoms with van der Waals surface area (Å²) in [7, 11) is 0. The lowest BCUT2D eigenvalue weighted by Gasteiger charge is -2.04. The first-order valence-corrected chi connectivity index (χ1v) is 5.28. The van der Waals surface area contributed by atoms with Crippen molar-refractivity contribution in [1.82, 2.24) is 15.5 Å². The molecule has 2 aromatic rings. The Morgan fingerprint density at radius 2 is 2.24 bits per heavy atom. The molecule has 0 atom stereocenters. The van der Waals surface area contributed by atoms with E-state index in [0.717, 1.165) is 0 Å². The lowest BCUT2D eigenvalue weighted by molar-refractivity contribution is 0.0954. The largest absolute Gasteiger partial charge is 0.352 e. The Balaban J connectivity index is 1.84. The van der Waals surface area contributed by atoms with Crippen molar-refractivity contribution in [2.75, 3.05) is 6.54 Å². The highest BCUT2D eigenvalue weighted by Crippen LogP contribution is 2.06. The fraction of sp³-hybridized carbons (Fsp3) is 0.167. The third-order valence-corrected chi connectivity index (χ3v) is 2.40. The minimum Gasteiger partial charge on any atom is -0.352 e. The van der Waals surface area contributed by atoms with Crippen molar-refractivity contribution in [2.45, 2.75) is 6.42 Å². The molecule has 0 unspecified atom stereocenters. The molecule has 0 saturated carbocycles. The first-order valence-electron chi connectivity index (χ1n) is 5.28. The van der Waals surface area contributed by atoms with E-state index in [2.05, 4.69) is 15.5 Å². The van der Waals surface area contributed by atoms with Gasteiger partial charge in [0.25, 0.3) is 5.91 Å². The van der Waals surface area contributed by atoms with Crippen LogP contribution in [0.2, 0.25) is 0 Å². The SMILES string of the molecule is O=C(NCCc1ccccc1F)c1cn[nH]c1. The smallest absolute Gasteiger partial charge is 0.254 e. The zero-order valence-corrected chi connectivity index (χ0v) is 9.11. The monoisotopic (exact) mass is 233 g/mol. The molecule has 5 heteroatoms. The molecular formula is C12H12FN3O. The molecule has 88 valence electrons. The number of nitrogens with zero attached hydrogens (tertiary/aromatic N) is 1. The van der Waals surface area contributed by atoms with Gasteiger partial charge in [-0.2, -0.15) is 5.10 Å². The van der Waals surface area contributed by atoms with E-state index in [1.54, 1.807) is 18.2 Å². The summed E-state index contributed by atoms with van der Waals surface area (Å²) in [5.74, 6) is -0.458. The Hall–Kier alpha value is -2.17. The topological polar surface area (TPSA) is 57.8 Å². The second kappa shape index (κ2) is 5.25. The maximum atomic E-state index is 13.3. The Labute approximate surface area is 97.9 Å². The average molecular weight is 233 g/mol. The lowest BCUT2D eigenvalue weighted by Crippen LogP contribution is -2.25. The number of rotatable bonds is 4. The molecule has 0 bridgehead atoms. The molecule has 1 heterocycles. The van der Waals surface area contributed by atoms with Gasteiger partial charge >= 0.3 is 0 Å². The standard InChI is InChI=1S/C12H12FN3O/c13-11-4-2-1-3-9(11)5-6-14-12(17)10-7-15-16-8-10/h1-4,7-8H,5-6H2,(H,14,17)(H,15,16). The van der Waals surface area contributed by atoms with Gasteiger partial charge in [0.1, 0.15) is 5.82 Å². The molecule has 0 aliphatic rings. The van der Waals surface area contributed by atoms with Gasteiger partial charge in [0.2, 0.25) is 0 Å². The molecule has 0 aliphatic carbocycles. The van der Waals surface area contributed by atoms with E-state index in [9.17, 15) is 9.18 Å². The predicted molar refractivity (Wildman–Crippen MR) is 61.0 cm³/mol. The van der Waals surface area contributed by atoms with Crippen molar-refractivity contribution in [3.63, 3.8) is 0 Å². The van der Waals surface area contributed by atoms with Crippen LogP contribution in [0.4, 0.5) is 4.39 Å². The van der Waals surface area contributed by atoms with Crippen LogP contribution in [0.1, 0.15) is 15.9 Å². The molecule has 0 spiro atoms. The minimum absolute atomic E-state index is 0.213. The molecule has 2 rings (SSSR count). The Bertz CT molecular complexity index is 496. The van der Waals surface area contributed by atoms with Crippen LogP contribution in [0.15, 0.2) is 36.7 Å². The van der Waals surface area contributed by atoms with Crippen molar-refractivity contribution < 1.29 is 9.18 Å². The van der Waals surface area contributed by atoms with E-state index in [1.807, 2.05) is 0 Å². The van der Waals surface area contributed by atoms with E-state index in [0.29, 0.717) is 24.1 Å². The van der Waals surface area contributed by atoms with Crippen molar-refractivity contribution in [1.29, 1.82) is 0 Å². The number of aromatic nitrogens is 2. The first kappa shape index (κ1) is 11.3. The van der Waals surface area contributed by atoms with Crippen LogP contribution in [0.5, 0.6) is 0 Å². The minimum atomic E-state index is -0.245. The molecule has 4 nitrogen and oxygen atoms in total. The number of aromatic amines is 1. The van der Waals surface area contributed by atoms with Crippen molar-refractivity contribution in [3.8, 4) is 0 Å². The molecule has 17 heavy (non-hydrogen) atoms. The lowest BCUT2D eigenvalue weighted by atomic mass is 10.1. The number of hydrogen-bond acceptors (Lipinski definition) is 2. The van der Waals surface area contributed by atoms with Gasteiger partial charge in [-0.1, -0.05) is 18.2 Å². The summed E-state index contributed by atoms with van der Waals surface area (Å²) in [6, 6.07) is 6.53. The normalized spacial score (nSPS) is 10.2. The predicted octanol–water partition coefficient (Wildman–Crippen LogP) is 1.52. The van der Waals surface area contributed by atoms with Crippen LogP contribution in [-0.4, -0.2) is 22.6 Å². The summed E-state index contributed by atoms with van der Waals surface area (Å²) in [5.41, 5.74) is 1.07. The Morgan fingerprint density at radius 1 is 1.41 bits per heavy atom. The Kier molecular flexibility index (Phi) is 3.49. The highest BCUT2D eigenvalue weighted by Gasteiger charge is 2.06. The van der Waals surface area contributed by atoms with Gasteiger partial charge in [0.15, 0.2) is 0 Å². The summed E-state index contributed by atoms with van der Waals surface area (Å²) < 4.78 is 13.3. The quantitative estimate of drug-likeness (QED) is 0.841. The second-order valence-electron chi connectivity index (χ2n) is 3.58. The zero-order chi connectivity index (χ0) is 12.1. The molecule has 2 N–H and O–H groups in total. The number of amides is 1. The molecule has 1 aromatic heterocycles. The van der Waals surface area contributed by atoms with E-state index in [1.165, 1.54) is 18.5 Å². The van der Waals surface area contributed by atoms with Gasteiger partial charge < -0.3 is 5.32 Å². The van der Waals surface area contributed by atoms with E-state index < -0.39 is 0 Å². The van der Waals surface area contributed by atoms with Gasteiger partial charge in [-0.3, -0.25) is 9.89 Å². The van der Waals surface area contributed by atoms with Crippen molar-refractivity contribution in [2.24, 2.45) is 0 Å². The number of nitrogens with one attached hydrogen (secondary N) is 2. The molecule has 0 fully saturated rings. The fourth-order valence-electron chi connectivity index (χ4n) is 1.49. The van der Waals surface area contributed by atoms with Crippen LogP contribution in [0.25, 0.3) is 0 Å². The van der Waals surface area contributed by atoms with Crippen LogP contribution >= 0.6 is 0 Å². The highest BCUT2D eigenvalue weighted by atomic mass is 19.1. The first-order chi connectivity index (χ1) is 8.27. The van der Waals surface area contributed by atoms with Crippen molar-refractivity contribution >= 4 is 5.91 Å². The number of carbonyl (C=O) groups is 1. The van der Waals surface area contributed by atoms with Crippen LogP contribution < -0.4 is 5.32 Å². The van der Waals surface area contributed by atoms with Gasteiger partial charge in [-0.15, -0.1) is 0 Å². The number of carbonyl (C=O) groups excluding carboxylic acids is 1. The van der Waals surface area contributed by atoms with Gasteiger partial charge in [0.05, 0.1) is 11.8 Å². The number of benzene rings is 1. The van der Waals surface area contributed by atoms with Gasteiger partial charge in [-0.05, 0) is 18.1 Å². The molecule has 0 radical (unpaired) electrons. The van der Waals surface area contributed by atoms with E-state index >= 15 is 0 Å². The van der Waals surface area contributed by atoms with Gasteiger partial charge in [0, 0.05) is 12.7 Å². The number of halogens is 1. The zero-order valence-electron chi connectivity index (χ0n) is 9.11. The van der Waals surface area contributed by atoms with Crippen LogP contribution in [0, 0.1) is 5.82 Å². The molecule has 0 aliphatic heterocycles. The maximum Gasteiger partial charge on any atom is 0.254 e. The summed E-state index contributed by atoms with van der Waals surface area (Å²) in [6.07, 6.45) is 3.42. The highest BCUT2D eigenvalue weighted by molar-refractivity contribution is 5.93. The number of H-pyrrole nitrogens is 1. The molecule has 0 saturated heterocycles. The summed E-state index contributed by atoms with van der Waals surface area (Å²) in [5, 5.41) is 8.93. The summed E-state index contributed by atoms with van der Waals surface area (Å²) in [4.78, 5) is 11.5. The molecular weight excluding hydrogens is 221 g/mol. The van der Waals surface area contributed by atoms with Gasteiger partial charge in [-0.25, -0.2) is 4.39 Å². The van der Waals surface area contributed by atoms with Crippen LogP contribution in [-0.2, 0) is 6.42 Å². The average Bonchev–Trinajstić information content (AvgIpc) is 2.85. The number of hydrogen-bond donors (Lipinski definition) is 2. The fourth-order valence-corrected chi connectivity index (χ4v) is 1.49. The van der Waals surface area contributed by atoms with E-state index in [4.69, 9.17) is 0 Å². The Morgan fingerprint density at radius 3 is 2.94 bits per heavy atom. The third-order valence-electron chi connectivity index (χ3n) is 2.40. The molecule has 1 aromatic carbocycles. The summed E-state index contributed by atoms with van der Waals surface area (Å²) >= 11 is 0. The van der Waals surface area contributed by atoms with E-state index in [-0.39, 0.29) is 11.7 Å². The van der Waals surface area contributed by atoms with Crippen LogP contribution in [0.3, 0.4) is 0 Å². The second-order valence-corrected chi connectivity index (χ2v) is 3.58. The third kappa shape index (κ3) is 2.90.